The Kier molecular flexibility index (Phi) is 4.37. The molecule has 0 unspecified atom stereocenters. The molecule has 1 aliphatic carbocycles. The highest BCUT2D eigenvalue weighted by Gasteiger charge is 2.29. The zero-order valence-electron chi connectivity index (χ0n) is 9.99. The molecule has 1 aromatic carbocycles. The van der Waals surface area contributed by atoms with E-state index in [1.165, 1.54) is 18.4 Å². The Labute approximate surface area is 98.0 Å². The minimum absolute atomic E-state index is 0.490. The van der Waals surface area contributed by atoms with Gasteiger partial charge < -0.3 is 10.1 Å². The summed E-state index contributed by atoms with van der Waals surface area (Å²) < 4.78 is 5.85. The van der Waals surface area contributed by atoms with Gasteiger partial charge in [0.15, 0.2) is 0 Å². The van der Waals surface area contributed by atoms with E-state index in [-0.39, 0.29) is 0 Å². The quantitative estimate of drug-likeness (QED) is 0.794. The highest BCUT2D eigenvalue weighted by Crippen LogP contribution is 2.30. The van der Waals surface area contributed by atoms with Gasteiger partial charge in [0.05, 0.1) is 12.7 Å². The molecule has 88 valence electrons. The summed E-state index contributed by atoms with van der Waals surface area (Å²) in [4.78, 5) is 0. The van der Waals surface area contributed by atoms with E-state index < -0.39 is 0 Å². The molecule has 16 heavy (non-hydrogen) atoms. The van der Waals surface area contributed by atoms with E-state index in [1.54, 1.807) is 0 Å². The summed E-state index contributed by atoms with van der Waals surface area (Å²) in [6.07, 6.45) is 2.93. The fourth-order valence-electron chi connectivity index (χ4n) is 2.11. The van der Waals surface area contributed by atoms with Gasteiger partial charge in [0.1, 0.15) is 0 Å². The van der Waals surface area contributed by atoms with Crippen molar-refractivity contribution >= 4 is 0 Å². The molecule has 1 fully saturated rings. The second-order valence-electron chi connectivity index (χ2n) is 4.56. The molecule has 2 nitrogen and oxygen atoms in total. The molecule has 2 rings (SSSR count). The van der Waals surface area contributed by atoms with Crippen molar-refractivity contribution in [2.45, 2.75) is 32.5 Å². The molecular weight excluding hydrogens is 198 g/mol. The molecule has 0 aliphatic heterocycles. The van der Waals surface area contributed by atoms with Gasteiger partial charge in [-0.05, 0) is 37.4 Å². The number of nitrogens with one attached hydrogen (secondary N) is 1. The normalized spacial score (nSPS) is 24.1. The van der Waals surface area contributed by atoms with E-state index in [0.717, 1.165) is 25.6 Å². The predicted octanol–water partition coefficient (Wildman–Crippen LogP) is 2.59. The number of benzene rings is 1. The molecule has 0 spiro atoms. The van der Waals surface area contributed by atoms with Gasteiger partial charge >= 0.3 is 0 Å². The SMILES string of the molecule is CCNCC1CC(OCc2ccccc2)C1. The summed E-state index contributed by atoms with van der Waals surface area (Å²) in [5.41, 5.74) is 1.28. The van der Waals surface area contributed by atoms with E-state index in [1.807, 2.05) is 6.07 Å². The Morgan fingerprint density at radius 1 is 1.25 bits per heavy atom. The minimum atomic E-state index is 0.490. The van der Waals surface area contributed by atoms with Crippen molar-refractivity contribution in [1.29, 1.82) is 0 Å². The molecule has 0 atom stereocenters. The topological polar surface area (TPSA) is 21.3 Å². The van der Waals surface area contributed by atoms with Crippen molar-refractivity contribution in [3.63, 3.8) is 0 Å². The Balaban J connectivity index is 1.60. The third-order valence-electron chi connectivity index (χ3n) is 3.20. The van der Waals surface area contributed by atoms with E-state index in [2.05, 4.69) is 36.5 Å². The van der Waals surface area contributed by atoms with Crippen LogP contribution in [0, 0.1) is 5.92 Å². The first-order valence-electron chi connectivity index (χ1n) is 6.24. The van der Waals surface area contributed by atoms with Crippen LogP contribution in [0.5, 0.6) is 0 Å². The van der Waals surface area contributed by atoms with Gasteiger partial charge in [0, 0.05) is 0 Å². The summed E-state index contributed by atoms with van der Waals surface area (Å²) in [7, 11) is 0. The summed E-state index contributed by atoms with van der Waals surface area (Å²) in [6, 6.07) is 10.4. The van der Waals surface area contributed by atoms with Crippen LogP contribution >= 0.6 is 0 Å². The van der Waals surface area contributed by atoms with Gasteiger partial charge in [0.2, 0.25) is 0 Å². The Hall–Kier alpha value is -0.860. The maximum atomic E-state index is 5.85. The van der Waals surface area contributed by atoms with Gasteiger partial charge in [-0.2, -0.15) is 0 Å². The van der Waals surface area contributed by atoms with Crippen LogP contribution in [-0.2, 0) is 11.3 Å². The first-order valence-corrected chi connectivity index (χ1v) is 6.24. The molecule has 0 heterocycles. The smallest absolute Gasteiger partial charge is 0.0720 e. The Morgan fingerprint density at radius 2 is 2.00 bits per heavy atom. The first-order chi connectivity index (χ1) is 7.88. The minimum Gasteiger partial charge on any atom is -0.374 e. The van der Waals surface area contributed by atoms with Crippen molar-refractivity contribution in [3.8, 4) is 0 Å². The second kappa shape index (κ2) is 6.02. The van der Waals surface area contributed by atoms with E-state index in [0.29, 0.717) is 6.10 Å². The number of rotatable bonds is 6. The van der Waals surface area contributed by atoms with Gasteiger partial charge in [-0.25, -0.2) is 0 Å². The lowest BCUT2D eigenvalue weighted by atomic mass is 9.82. The third kappa shape index (κ3) is 3.32. The second-order valence-corrected chi connectivity index (χ2v) is 4.56. The maximum Gasteiger partial charge on any atom is 0.0720 e. The Morgan fingerprint density at radius 3 is 2.69 bits per heavy atom. The van der Waals surface area contributed by atoms with Crippen LogP contribution in [-0.4, -0.2) is 19.2 Å². The van der Waals surface area contributed by atoms with E-state index in [4.69, 9.17) is 4.74 Å². The van der Waals surface area contributed by atoms with Gasteiger partial charge in [-0.15, -0.1) is 0 Å². The van der Waals surface area contributed by atoms with Crippen LogP contribution in [0.15, 0.2) is 30.3 Å². The molecule has 0 bridgehead atoms. The van der Waals surface area contributed by atoms with Crippen molar-refractivity contribution in [2.75, 3.05) is 13.1 Å². The molecule has 0 saturated heterocycles. The van der Waals surface area contributed by atoms with Crippen molar-refractivity contribution in [3.05, 3.63) is 35.9 Å². The van der Waals surface area contributed by atoms with Crippen molar-refractivity contribution in [1.82, 2.24) is 5.32 Å². The monoisotopic (exact) mass is 219 g/mol. The lowest BCUT2D eigenvalue weighted by Gasteiger charge is -2.35. The van der Waals surface area contributed by atoms with Crippen molar-refractivity contribution in [2.24, 2.45) is 5.92 Å². The highest BCUT2D eigenvalue weighted by atomic mass is 16.5. The average Bonchev–Trinajstić information content (AvgIpc) is 2.28. The fraction of sp³-hybridized carbons (Fsp3) is 0.571. The van der Waals surface area contributed by atoms with Crippen LogP contribution in [0.4, 0.5) is 0 Å². The molecule has 1 aliphatic rings. The predicted molar refractivity (Wildman–Crippen MR) is 66.3 cm³/mol. The molecule has 1 N–H and O–H groups in total. The number of ether oxygens (including phenoxy) is 1. The van der Waals surface area contributed by atoms with Gasteiger partial charge in [-0.3, -0.25) is 0 Å². The fourth-order valence-corrected chi connectivity index (χ4v) is 2.11. The largest absolute Gasteiger partial charge is 0.374 e. The number of hydrogen-bond acceptors (Lipinski definition) is 2. The molecule has 1 aromatic rings. The molecule has 1 saturated carbocycles. The molecule has 0 aromatic heterocycles. The van der Waals surface area contributed by atoms with Gasteiger partial charge in [-0.1, -0.05) is 37.3 Å². The van der Waals surface area contributed by atoms with Crippen LogP contribution in [0.2, 0.25) is 0 Å². The van der Waals surface area contributed by atoms with Crippen LogP contribution < -0.4 is 5.32 Å². The molecular formula is C14H21NO. The standard InChI is InChI=1S/C14H21NO/c1-2-15-10-13-8-14(9-13)16-11-12-6-4-3-5-7-12/h3-7,13-15H,2,8-11H2,1H3. The lowest BCUT2D eigenvalue weighted by Crippen LogP contribution is -2.37. The van der Waals surface area contributed by atoms with Crippen LogP contribution in [0.1, 0.15) is 25.3 Å². The molecule has 0 radical (unpaired) electrons. The summed E-state index contributed by atoms with van der Waals surface area (Å²) in [6.45, 7) is 5.15. The molecule has 2 heteroatoms. The van der Waals surface area contributed by atoms with Crippen LogP contribution in [0.3, 0.4) is 0 Å². The summed E-state index contributed by atoms with van der Waals surface area (Å²) >= 11 is 0. The van der Waals surface area contributed by atoms with Gasteiger partial charge in [0.25, 0.3) is 0 Å². The zero-order chi connectivity index (χ0) is 11.2. The molecule has 0 amide bonds. The lowest BCUT2D eigenvalue weighted by molar-refractivity contribution is -0.0394. The van der Waals surface area contributed by atoms with Crippen molar-refractivity contribution < 1.29 is 4.74 Å². The summed E-state index contributed by atoms with van der Waals surface area (Å²) in [5.74, 6) is 0.834. The summed E-state index contributed by atoms with van der Waals surface area (Å²) in [5, 5.41) is 3.39. The highest BCUT2D eigenvalue weighted by molar-refractivity contribution is 5.13. The van der Waals surface area contributed by atoms with E-state index >= 15 is 0 Å². The third-order valence-corrected chi connectivity index (χ3v) is 3.20. The average molecular weight is 219 g/mol. The number of hydrogen-bond donors (Lipinski definition) is 1. The Bertz CT molecular complexity index is 293. The maximum absolute atomic E-state index is 5.85. The van der Waals surface area contributed by atoms with Crippen LogP contribution in [0.25, 0.3) is 0 Å². The first kappa shape index (κ1) is 11.6. The zero-order valence-corrected chi connectivity index (χ0v) is 9.99. The van der Waals surface area contributed by atoms with E-state index in [9.17, 15) is 0 Å².